The van der Waals surface area contributed by atoms with E-state index in [-0.39, 0.29) is 27.9 Å². The molecule has 3 amide bonds. The fourth-order valence-electron chi connectivity index (χ4n) is 2.48. The third-order valence-corrected chi connectivity index (χ3v) is 4.42. The molecule has 2 heterocycles. The average Bonchev–Trinajstić information content (AvgIpc) is 3.18. The van der Waals surface area contributed by atoms with Crippen LogP contribution < -0.4 is 20.7 Å². The van der Waals surface area contributed by atoms with Crippen LogP contribution in [0.3, 0.4) is 0 Å². The molecule has 3 aromatic rings. The van der Waals surface area contributed by atoms with Gasteiger partial charge in [0.1, 0.15) is 17.2 Å². The molecule has 0 aliphatic rings. The molecule has 0 aliphatic carbocycles. The molecule has 3 rings (SSSR count). The molecule has 0 saturated heterocycles. The second kappa shape index (κ2) is 9.05. The topological polar surface area (TPSA) is 118 Å². The normalized spacial score (nSPS) is 11.0. The zero-order valence-corrected chi connectivity index (χ0v) is 18.2. The highest BCUT2D eigenvalue weighted by molar-refractivity contribution is 6.32. The van der Waals surface area contributed by atoms with Gasteiger partial charge in [-0.15, -0.1) is 0 Å². The number of hydrogen-bond acceptors (Lipinski definition) is 6. The van der Waals surface area contributed by atoms with E-state index in [0.29, 0.717) is 17.2 Å². The van der Waals surface area contributed by atoms with Crippen LogP contribution in [0.15, 0.2) is 47.1 Å². The van der Waals surface area contributed by atoms with E-state index in [1.54, 1.807) is 24.3 Å². The quantitative estimate of drug-likeness (QED) is 0.520. The number of benzene rings is 1. The van der Waals surface area contributed by atoms with E-state index < -0.39 is 6.03 Å². The van der Waals surface area contributed by atoms with E-state index in [1.807, 2.05) is 20.8 Å². The number of halogens is 1. The lowest BCUT2D eigenvalue weighted by Crippen LogP contribution is -2.19. The van der Waals surface area contributed by atoms with Gasteiger partial charge in [0.2, 0.25) is 5.88 Å². The third-order valence-electron chi connectivity index (χ3n) is 4.12. The minimum atomic E-state index is -0.509. The summed E-state index contributed by atoms with van der Waals surface area (Å²) in [6, 6.07) is 9.03. The van der Waals surface area contributed by atoms with Gasteiger partial charge in [0.25, 0.3) is 5.91 Å². The molecule has 31 heavy (non-hydrogen) atoms. The lowest BCUT2D eigenvalue weighted by Gasteiger charge is -2.12. The predicted molar refractivity (Wildman–Crippen MR) is 117 cm³/mol. The second-order valence-electron chi connectivity index (χ2n) is 7.61. The van der Waals surface area contributed by atoms with Crippen molar-refractivity contribution in [3.63, 3.8) is 0 Å². The summed E-state index contributed by atoms with van der Waals surface area (Å²) in [6.07, 6.45) is 1.46. The number of aromatic nitrogens is 2. The van der Waals surface area contributed by atoms with Crippen LogP contribution in [0.2, 0.25) is 5.02 Å². The van der Waals surface area contributed by atoms with Gasteiger partial charge in [-0.2, -0.15) is 0 Å². The zero-order chi connectivity index (χ0) is 22.6. The fourth-order valence-corrected chi connectivity index (χ4v) is 2.70. The summed E-state index contributed by atoms with van der Waals surface area (Å²) in [6.45, 7) is 5.98. The molecule has 9 nitrogen and oxygen atoms in total. The van der Waals surface area contributed by atoms with Crippen molar-refractivity contribution >= 4 is 35.1 Å². The molecule has 0 saturated carbocycles. The van der Waals surface area contributed by atoms with Crippen molar-refractivity contribution in [1.29, 1.82) is 0 Å². The SMILES string of the molecule is CNC(=O)c1cc(Oc2ccc(NC(=O)Nc3cc(C(C)(C)C)no3)cc2Cl)ccn1. The molecule has 1 aromatic carbocycles. The summed E-state index contributed by atoms with van der Waals surface area (Å²) >= 11 is 6.29. The molecule has 0 radical (unpaired) electrons. The van der Waals surface area contributed by atoms with Gasteiger partial charge in [-0.05, 0) is 24.3 Å². The minimum absolute atomic E-state index is 0.195. The van der Waals surface area contributed by atoms with Gasteiger partial charge in [-0.1, -0.05) is 37.5 Å². The van der Waals surface area contributed by atoms with Crippen molar-refractivity contribution in [2.24, 2.45) is 0 Å². The smallest absolute Gasteiger partial charge is 0.326 e. The van der Waals surface area contributed by atoms with Crippen LogP contribution in [0, 0.1) is 0 Å². The molecule has 0 unspecified atom stereocenters. The lowest BCUT2D eigenvalue weighted by atomic mass is 9.92. The number of rotatable bonds is 5. The van der Waals surface area contributed by atoms with E-state index in [0.717, 1.165) is 5.69 Å². The molecule has 162 valence electrons. The van der Waals surface area contributed by atoms with Crippen LogP contribution >= 0.6 is 11.6 Å². The molecule has 2 aromatic heterocycles. The Hall–Kier alpha value is -3.59. The Kier molecular flexibility index (Phi) is 6.45. The van der Waals surface area contributed by atoms with Crippen LogP contribution in [0.4, 0.5) is 16.4 Å². The van der Waals surface area contributed by atoms with Gasteiger partial charge in [-0.25, -0.2) is 4.79 Å². The van der Waals surface area contributed by atoms with Gasteiger partial charge < -0.3 is 19.9 Å². The monoisotopic (exact) mass is 443 g/mol. The molecule has 0 atom stereocenters. The van der Waals surface area contributed by atoms with Crippen molar-refractivity contribution < 1.29 is 18.8 Å². The average molecular weight is 444 g/mol. The number of carbonyl (C=O) groups excluding carboxylic acids is 2. The molecule has 0 fully saturated rings. The maximum atomic E-state index is 12.2. The Balaban J connectivity index is 1.65. The maximum absolute atomic E-state index is 12.2. The molecule has 3 N–H and O–H groups in total. The van der Waals surface area contributed by atoms with Gasteiger partial charge in [-0.3, -0.25) is 15.1 Å². The number of urea groups is 1. The Morgan fingerprint density at radius 3 is 2.52 bits per heavy atom. The first-order chi connectivity index (χ1) is 14.7. The standard InChI is InChI=1S/C21H22ClN5O4/c1-21(2,3)17-11-18(31-27-17)26-20(29)25-12-5-6-16(14(22)9-12)30-13-7-8-24-15(10-13)19(28)23-4/h5-11H,1-4H3,(H,23,28)(H2,25,26,29). The second-order valence-corrected chi connectivity index (χ2v) is 8.02. The number of carbonyl (C=O) groups is 2. The molecule has 10 heteroatoms. The molecule has 0 bridgehead atoms. The zero-order valence-electron chi connectivity index (χ0n) is 17.4. The summed E-state index contributed by atoms with van der Waals surface area (Å²) in [7, 11) is 1.52. The number of hydrogen-bond donors (Lipinski definition) is 3. The molecular formula is C21H22ClN5O4. The Labute approximate surface area is 184 Å². The maximum Gasteiger partial charge on any atom is 0.326 e. The fraction of sp³-hybridized carbons (Fsp3) is 0.238. The van der Waals surface area contributed by atoms with Gasteiger partial charge >= 0.3 is 6.03 Å². The van der Waals surface area contributed by atoms with Crippen LogP contribution in [-0.2, 0) is 5.41 Å². The Morgan fingerprint density at radius 2 is 1.87 bits per heavy atom. The first-order valence-corrected chi connectivity index (χ1v) is 9.74. The third kappa shape index (κ3) is 5.73. The summed E-state index contributed by atoms with van der Waals surface area (Å²) in [5.74, 6) is 0.655. The highest BCUT2D eigenvalue weighted by Crippen LogP contribution is 2.32. The van der Waals surface area contributed by atoms with Crippen LogP contribution in [-0.4, -0.2) is 29.1 Å². The molecule has 0 aliphatic heterocycles. The summed E-state index contributed by atoms with van der Waals surface area (Å²) < 4.78 is 10.9. The highest BCUT2D eigenvalue weighted by atomic mass is 35.5. The number of amides is 3. The van der Waals surface area contributed by atoms with Crippen molar-refractivity contribution in [2.45, 2.75) is 26.2 Å². The number of anilines is 2. The summed E-state index contributed by atoms with van der Waals surface area (Å²) in [5, 5.41) is 12.0. The first kappa shape index (κ1) is 22.1. The predicted octanol–water partition coefficient (Wildman–Crippen LogP) is 4.82. The first-order valence-electron chi connectivity index (χ1n) is 9.36. The lowest BCUT2D eigenvalue weighted by molar-refractivity contribution is 0.0958. The van der Waals surface area contributed by atoms with Crippen LogP contribution in [0.1, 0.15) is 37.0 Å². The van der Waals surface area contributed by atoms with Crippen molar-refractivity contribution in [3.8, 4) is 11.5 Å². The molecular weight excluding hydrogens is 422 g/mol. The van der Waals surface area contributed by atoms with E-state index in [2.05, 4.69) is 26.1 Å². The summed E-state index contributed by atoms with van der Waals surface area (Å²) in [4.78, 5) is 27.9. The van der Waals surface area contributed by atoms with Crippen LogP contribution in [0.5, 0.6) is 11.5 Å². The Bertz CT molecular complexity index is 1110. The largest absolute Gasteiger partial charge is 0.456 e. The van der Waals surface area contributed by atoms with Crippen molar-refractivity contribution in [1.82, 2.24) is 15.5 Å². The number of ether oxygens (including phenoxy) is 1. The van der Waals surface area contributed by atoms with Gasteiger partial charge in [0, 0.05) is 36.5 Å². The van der Waals surface area contributed by atoms with E-state index in [9.17, 15) is 9.59 Å². The Morgan fingerprint density at radius 1 is 1.10 bits per heavy atom. The molecule has 0 spiro atoms. The van der Waals surface area contributed by atoms with Gasteiger partial charge in [0.05, 0.1) is 10.7 Å². The number of nitrogens with one attached hydrogen (secondary N) is 3. The van der Waals surface area contributed by atoms with Crippen molar-refractivity contribution in [3.05, 3.63) is 59.0 Å². The van der Waals surface area contributed by atoms with Crippen molar-refractivity contribution in [2.75, 3.05) is 17.7 Å². The summed E-state index contributed by atoms with van der Waals surface area (Å²) in [5.41, 5.74) is 1.20. The van der Waals surface area contributed by atoms with Gasteiger partial charge in [0.15, 0.2) is 0 Å². The van der Waals surface area contributed by atoms with E-state index in [1.165, 1.54) is 25.4 Å². The van der Waals surface area contributed by atoms with E-state index >= 15 is 0 Å². The number of pyridine rings is 1. The number of nitrogens with zero attached hydrogens (tertiary/aromatic N) is 2. The van der Waals surface area contributed by atoms with Crippen LogP contribution in [0.25, 0.3) is 0 Å². The van der Waals surface area contributed by atoms with E-state index in [4.69, 9.17) is 20.9 Å². The minimum Gasteiger partial charge on any atom is -0.456 e. The highest BCUT2D eigenvalue weighted by Gasteiger charge is 2.19.